The Morgan fingerprint density at radius 3 is 2.56 bits per heavy atom. The van der Waals surface area contributed by atoms with Gasteiger partial charge in [-0.15, -0.1) is 0 Å². The van der Waals surface area contributed by atoms with Gasteiger partial charge in [-0.1, -0.05) is 37.8 Å². The zero-order valence-electron chi connectivity index (χ0n) is 16.8. The fraction of sp³-hybridized carbons (Fsp3) is 0.320. The Bertz CT molecular complexity index is 840. The number of benzene rings is 2. The van der Waals surface area contributed by atoms with Crippen LogP contribution in [0.5, 0.6) is 0 Å². The summed E-state index contributed by atoms with van der Waals surface area (Å²) in [6.07, 6.45) is 9.53. The summed E-state index contributed by atoms with van der Waals surface area (Å²) in [6.45, 7) is 10.3. The molecular weight excluding hydrogens is 328 g/mol. The van der Waals surface area contributed by atoms with E-state index in [2.05, 4.69) is 61.0 Å². The standard InChI is InChI=1S/C25H30N2/c1-5-16-27(20(3)4)25-13-9-11-21(18-25)10-7-8-12-24-15-14-22(19-26)17-23(24)6-2/h5,9,11,13-18H,3,6-8,10,12H2,1-2,4H3/b16-5-. The van der Waals surface area contributed by atoms with Crippen molar-refractivity contribution in [2.24, 2.45) is 0 Å². The van der Waals surface area contributed by atoms with Crippen LogP contribution in [0.4, 0.5) is 5.69 Å². The summed E-state index contributed by atoms with van der Waals surface area (Å²) in [5.74, 6) is 0. The monoisotopic (exact) mass is 358 g/mol. The summed E-state index contributed by atoms with van der Waals surface area (Å²) in [6, 6.07) is 17.0. The largest absolute Gasteiger partial charge is 0.322 e. The van der Waals surface area contributed by atoms with Gasteiger partial charge >= 0.3 is 0 Å². The number of rotatable bonds is 9. The maximum absolute atomic E-state index is 9.05. The van der Waals surface area contributed by atoms with Crippen molar-refractivity contribution >= 4 is 5.69 Å². The quantitative estimate of drug-likeness (QED) is 0.475. The van der Waals surface area contributed by atoms with Crippen molar-refractivity contribution in [3.63, 3.8) is 0 Å². The Hall–Kier alpha value is -2.79. The van der Waals surface area contributed by atoms with E-state index in [1.807, 2.05) is 32.1 Å². The van der Waals surface area contributed by atoms with Gasteiger partial charge in [-0.25, -0.2) is 0 Å². The molecule has 0 aliphatic carbocycles. The van der Waals surface area contributed by atoms with E-state index in [1.165, 1.54) is 22.4 Å². The van der Waals surface area contributed by atoms with Crippen molar-refractivity contribution in [2.75, 3.05) is 4.90 Å². The highest BCUT2D eigenvalue weighted by Crippen LogP contribution is 2.22. The summed E-state index contributed by atoms with van der Waals surface area (Å²) in [5, 5.41) is 9.05. The number of nitrogens with zero attached hydrogens (tertiary/aromatic N) is 2. The van der Waals surface area contributed by atoms with Gasteiger partial charge in [0.15, 0.2) is 0 Å². The van der Waals surface area contributed by atoms with Crippen molar-refractivity contribution in [1.82, 2.24) is 0 Å². The summed E-state index contributed by atoms with van der Waals surface area (Å²) in [7, 11) is 0. The summed E-state index contributed by atoms with van der Waals surface area (Å²) in [5.41, 5.74) is 6.98. The minimum Gasteiger partial charge on any atom is -0.322 e. The first kappa shape index (κ1) is 20.5. The van der Waals surface area contributed by atoms with Crippen LogP contribution < -0.4 is 4.90 Å². The molecule has 0 radical (unpaired) electrons. The average Bonchev–Trinajstić information content (AvgIpc) is 2.69. The predicted molar refractivity (Wildman–Crippen MR) is 116 cm³/mol. The first-order chi connectivity index (χ1) is 13.1. The molecule has 0 aliphatic rings. The van der Waals surface area contributed by atoms with E-state index in [0.29, 0.717) is 0 Å². The van der Waals surface area contributed by atoms with Crippen LogP contribution in [-0.4, -0.2) is 0 Å². The molecule has 2 rings (SSSR count). The smallest absolute Gasteiger partial charge is 0.0991 e. The Morgan fingerprint density at radius 1 is 1.11 bits per heavy atom. The third kappa shape index (κ3) is 5.86. The lowest BCUT2D eigenvalue weighted by atomic mass is 9.97. The van der Waals surface area contributed by atoms with E-state index in [-0.39, 0.29) is 0 Å². The van der Waals surface area contributed by atoms with Crippen LogP contribution in [0.3, 0.4) is 0 Å². The van der Waals surface area contributed by atoms with Gasteiger partial charge in [0, 0.05) is 17.6 Å². The molecule has 27 heavy (non-hydrogen) atoms. The lowest BCUT2D eigenvalue weighted by Crippen LogP contribution is -2.12. The number of unbranched alkanes of at least 4 members (excludes halogenated alkanes) is 1. The molecule has 2 aromatic carbocycles. The number of hydrogen-bond acceptors (Lipinski definition) is 2. The lowest BCUT2D eigenvalue weighted by molar-refractivity contribution is 0.730. The number of allylic oxidation sites excluding steroid dienone is 2. The highest BCUT2D eigenvalue weighted by atomic mass is 15.1. The molecule has 140 valence electrons. The van der Waals surface area contributed by atoms with E-state index < -0.39 is 0 Å². The van der Waals surface area contributed by atoms with Crippen molar-refractivity contribution in [2.45, 2.75) is 52.9 Å². The first-order valence-electron chi connectivity index (χ1n) is 9.77. The highest BCUT2D eigenvalue weighted by Gasteiger charge is 2.06. The summed E-state index contributed by atoms with van der Waals surface area (Å²) >= 11 is 0. The molecule has 0 aromatic heterocycles. The third-order valence-electron chi connectivity index (χ3n) is 4.78. The predicted octanol–water partition coefficient (Wildman–Crippen LogP) is 6.56. The third-order valence-corrected chi connectivity index (χ3v) is 4.78. The number of anilines is 1. The van der Waals surface area contributed by atoms with Gasteiger partial charge in [-0.05, 0) is 86.9 Å². The molecule has 2 aromatic rings. The molecule has 0 unspecified atom stereocenters. The Balaban J connectivity index is 1.95. The number of aryl methyl sites for hydroxylation is 3. The van der Waals surface area contributed by atoms with Gasteiger partial charge < -0.3 is 4.90 Å². The fourth-order valence-corrected chi connectivity index (χ4v) is 3.36. The van der Waals surface area contributed by atoms with E-state index in [0.717, 1.165) is 43.4 Å². The van der Waals surface area contributed by atoms with Crippen molar-refractivity contribution in [3.05, 3.63) is 89.3 Å². The molecule has 2 nitrogen and oxygen atoms in total. The Kier molecular flexibility index (Phi) is 7.89. The van der Waals surface area contributed by atoms with Crippen molar-refractivity contribution < 1.29 is 0 Å². The Morgan fingerprint density at radius 2 is 1.89 bits per heavy atom. The SMILES string of the molecule is C=C(C)N(/C=C\C)c1cccc(CCCCc2ccc(C#N)cc2CC)c1. The molecule has 2 heteroatoms. The molecular formula is C25H30N2. The molecule has 0 atom stereocenters. The maximum atomic E-state index is 9.05. The van der Waals surface area contributed by atoms with Crippen LogP contribution in [0.25, 0.3) is 0 Å². The lowest BCUT2D eigenvalue weighted by Gasteiger charge is -2.21. The van der Waals surface area contributed by atoms with Gasteiger partial charge in [0.05, 0.1) is 11.6 Å². The van der Waals surface area contributed by atoms with Gasteiger partial charge in [-0.2, -0.15) is 5.26 Å². The van der Waals surface area contributed by atoms with Gasteiger partial charge in [0.25, 0.3) is 0 Å². The first-order valence-corrected chi connectivity index (χ1v) is 9.77. The zero-order valence-corrected chi connectivity index (χ0v) is 16.8. The van der Waals surface area contributed by atoms with E-state index in [4.69, 9.17) is 5.26 Å². The van der Waals surface area contributed by atoms with Crippen molar-refractivity contribution in [1.29, 1.82) is 5.26 Å². The van der Waals surface area contributed by atoms with Crippen LogP contribution in [-0.2, 0) is 19.3 Å². The second-order valence-corrected chi connectivity index (χ2v) is 6.91. The van der Waals surface area contributed by atoms with E-state index in [1.54, 1.807) is 0 Å². The van der Waals surface area contributed by atoms with Crippen LogP contribution in [0, 0.1) is 11.3 Å². The minimum atomic E-state index is 0.760. The highest BCUT2D eigenvalue weighted by molar-refractivity contribution is 5.55. The van der Waals surface area contributed by atoms with Crippen molar-refractivity contribution in [3.8, 4) is 6.07 Å². The van der Waals surface area contributed by atoms with Crippen LogP contribution in [0.2, 0.25) is 0 Å². The fourth-order valence-electron chi connectivity index (χ4n) is 3.36. The Labute approximate surface area is 164 Å². The van der Waals surface area contributed by atoms with Crippen LogP contribution in [0.15, 0.2) is 67.0 Å². The van der Waals surface area contributed by atoms with E-state index >= 15 is 0 Å². The average molecular weight is 359 g/mol. The molecule has 0 fully saturated rings. The van der Waals surface area contributed by atoms with Gasteiger partial charge in [-0.3, -0.25) is 0 Å². The second-order valence-electron chi connectivity index (χ2n) is 6.91. The van der Waals surface area contributed by atoms with Crippen LogP contribution >= 0.6 is 0 Å². The zero-order chi connectivity index (χ0) is 19.6. The number of nitriles is 1. The molecule has 0 aliphatic heterocycles. The van der Waals surface area contributed by atoms with Gasteiger partial charge in [0.1, 0.15) is 0 Å². The molecule has 0 N–H and O–H groups in total. The van der Waals surface area contributed by atoms with E-state index in [9.17, 15) is 0 Å². The molecule has 0 spiro atoms. The second kappa shape index (κ2) is 10.4. The number of hydrogen-bond donors (Lipinski definition) is 0. The summed E-state index contributed by atoms with van der Waals surface area (Å²) < 4.78 is 0. The molecule has 0 saturated heterocycles. The topological polar surface area (TPSA) is 27.0 Å². The van der Waals surface area contributed by atoms with Gasteiger partial charge in [0.2, 0.25) is 0 Å². The molecule has 0 saturated carbocycles. The maximum Gasteiger partial charge on any atom is 0.0991 e. The minimum absolute atomic E-state index is 0.760. The molecule has 0 amide bonds. The molecule has 0 bridgehead atoms. The normalized spacial score (nSPS) is 10.7. The summed E-state index contributed by atoms with van der Waals surface area (Å²) in [4.78, 5) is 2.12. The van der Waals surface area contributed by atoms with Crippen LogP contribution in [0.1, 0.15) is 55.9 Å². The molecule has 0 heterocycles.